The standard InChI is InChI=1S/C32H33F2N7O2/c1-20-13-14-22(30(42)36-18-21-9-5-4-6-10-21)17-23(20)27-24-19-37-32(43)41(28-25(33)11-7-12-26(28)34)29(24)39-31(38-27)35-15-8-16-40(2)3/h4-7,9-14,17H,8,15-16,18-19H2,1-3H3,(H,36,42)(H,37,43)(H,35,38,39). The quantitative estimate of drug-likeness (QED) is 0.216. The number of anilines is 3. The fourth-order valence-corrected chi connectivity index (χ4v) is 4.87. The van der Waals surface area contributed by atoms with Gasteiger partial charge in [-0.1, -0.05) is 42.5 Å². The number of hydrogen-bond donors (Lipinski definition) is 3. The van der Waals surface area contributed by atoms with Crippen molar-refractivity contribution in [2.45, 2.75) is 26.4 Å². The van der Waals surface area contributed by atoms with Crippen LogP contribution in [0.4, 0.5) is 31.0 Å². The lowest BCUT2D eigenvalue weighted by Crippen LogP contribution is -2.43. The van der Waals surface area contributed by atoms with Crippen LogP contribution in [0.5, 0.6) is 0 Å². The topological polar surface area (TPSA) is 102 Å². The number of nitrogens with zero attached hydrogens (tertiary/aromatic N) is 4. The molecule has 0 bridgehead atoms. The molecule has 0 atom stereocenters. The molecule has 3 aromatic carbocycles. The molecule has 9 nitrogen and oxygen atoms in total. The molecule has 5 rings (SSSR count). The van der Waals surface area contributed by atoms with Crippen LogP contribution < -0.4 is 20.9 Å². The first-order valence-electron chi connectivity index (χ1n) is 14.0. The molecule has 0 spiro atoms. The van der Waals surface area contributed by atoms with Gasteiger partial charge < -0.3 is 20.9 Å². The third-order valence-corrected chi connectivity index (χ3v) is 7.09. The number of fused-ring (bicyclic) bond motifs is 1. The second-order valence-electron chi connectivity index (χ2n) is 10.5. The number of halogens is 2. The smallest absolute Gasteiger partial charge is 0.328 e. The molecule has 1 aromatic heterocycles. The molecule has 0 aliphatic carbocycles. The fraction of sp³-hybridized carbons (Fsp3) is 0.250. The molecule has 0 unspecified atom stereocenters. The molecule has 0 saturated carbocycles. The van der Waals surface area contributed by atoms with Gasteiger partial charge in [0.1, 0.15) is 17.3 Å². The van der Waals surface area contributed by atoms with Crippen molar-refractivity contribution in [2.75, 3.05) is 37.4 Å². The lowest BCUT2D eigenvalue weighted by atomic mass is 9.97. The Balaban J connectivity index is 1.58. The average Bonchev–Trinajstić information content (AvgIpc) is 2.99. The summed E-state index contributed by atoms with van der Waals surface area (Å²) in [4.78, 5) is 38.6. The van der Waals surface area contributed by atoms with Crippen molar-refractivity contribution < 1.29 is 18.4 Å². The average molecular weight is 586 g/mol. The lowest BCUT2D eigenvalue weighted by molar-refractivity contribution is 0.0951. The third-order valence-electron chi connectivity index (χ3n) is 7.09. The molecule has 1 aliphatic rings. The summed E-state index contributed by atoms with van der Waals surface area (Å²) in [6.07, 6.45) is 0.783. The summed E-state index contributed by atoms with van der Waals surface area (Å²) in [7, 11) is 3.94. The Labute approximate surface area is 249 Å². The first kappa shape index (κ1) is 29.6. The van der Waals surface area contributed by atoms with E-state index in [2.05, 4.69) is 20.9 Å². The van der Waals surface area contributed by atoms with E-state index in [1.807, 2.05) is 62.3 Å². The maximum Gasteiger partial charge on any atom is 0.328 e. The Kier molecular flexibility index (Phi) is 8.91. The van der Waals surface area contributed by atoms with Crippen LogP contribution in [0.2, 0.25) is 0 Å². The van der Waals surface area contributed by atoms with Crippen LogP contribution in [0.3, 0.4) is 0 Å². The van der Waals surface area contributed by atoms with E-state index < -0.39 is 23.4 Å². The maximum atomic E-state index is 15.0. The zero-order chi connectivity index (χ0) is 30.5. The van der Waals surface area contributed by atoms with Crippen molar-refractivity contribution >= 4 is 29.4 Å². The maximum absolute atomic E-state index is 15.0. The first-order chi connectivity index (χ1) is 20.7. The van der Waals surface area contributed by atoms with Gasteiger partial charge in [-0.2, -0.15) is 4.98 Å². The Morgan fingerprint density at radius 2 is 1.77 bits per heavy atom. The molecule has 0 fully saturated rings. The van der Waals surface area contributed by atoms with E-state index in [1.54, 1.807) is 12.1 Å². The van der Waals surface area contributed by atoms with Gasteiger partial charge in [-0.05, 0) is 69.4 Å². The summed E-state index contributed by atoms with van der Waals surface area (Å²) in [6.45, 7) is 3.62. The molecular weight excluding hydrogens is 552 g/mol. The summed E-state index contributed by atoms with van der Waals surface area (Å²) in [6, 6.07) is 17.6. The number of aromatic nitrogens is 2. The SMILES string of the molecule is Cc1ccc(C(=O)NCc2ccccc2)cc1-c1nc(NCCCN(C)C)nc2c1CNC(=O)N2c1c(F)cccc1F. The molecule has 1 aliphatic heterocycles. The molecule has 2 heterocycles. The van der Waals surface area contributed by atoms with Crippen LogP contribution in [-0.2, 0) is 13.1 Å². The van der Waals surface area contributed by atoms with Crippen LogP contribution in [0.1, 0.15) is 33.5 Å². The van der Waals surface area contributed by atoms with Gasteiger partial charge in [0.15, 0.2) is 5.82 Å². The number of urea groups is 1. The minimum atomic E-state index is -0.906. The summed E-state index contributed by atoms with van der Waals surface area (Å²) in [5.74, 6) is -1.82. The summed E-state index contributed by atoms with van der Waals surface area (Å²) < 4.78 is 30.0. The highest BCUT2D eigenvalue weighted by atomic mass is 19.1. The van der Waals surface area contributed by atoms with Crippen LogP contribution in [0, 0.1) is 18.6 Å². The molecule has 3 N–H and O–H groups in total. The van der Waals surface area contributed by atoms with Crippen LogP contribution in [0.15, 0.2) is 66.7 Å². The Morgan fingerprint density at radius 1 is 1.02 bits per heavy atom. The molecule has 0 saturated heterocycles. The van der Waals surface area contributed by atoms with E-state index in [1.165, 1.54) is 6.07 Å². The van der Waals surface area contributed by atoms with E-state index in [-0.39, 0.29) is 24.2 Å². The number of carbonyl (C=O) groups is 2. The highest BCUT2D eigenvalue weighted by Crippen LogP contribution is 2.39. The van der Waals surface area contributed by atoms with Gasteiger partial charge in [0.2, 0.25) is 5.95 Å². The number of amides is 3. The number of hydrogen-bond acceptors (Lipinski definition) is 6. The number of nitrogens with one attached hydrogen (secondary N) is 3. The van der Waals surface area contributed by atoms with Gasteiger partial charge in [-0.3, -0.25) is 4.79 Å². The van der Waals surface area contributed by atoms with Crippen molar-refractivity contribution in [3.63, 3.8) is 0 Å². The Hall–Kier alpha value is -4.90. The number of benzene rings is 3. The summed E-state index contributed by atoms with van der Waals surface area (Å²) >= 11 is 0. The van der Waals surface area contributed by atoms with Crippen molar-refractivity contribution in [3.8, 4) is 11.3 Å². The Bertz CT molecular complexity index is 1630. The predicted octanol–water partition coefficient (Wildman–Crippen LogP) is 5.39. The number of aryl methyl sites for hydroxylation is 1. The number of rotatable bonds is 10. The highest BCUT2D eigenvalue weighted by Gasteiger charge is 2.34. The zero-order valence-corrected chi connectivity index (χ0v) is 24.2. The molecule has 3 amide bonds. The summed E-state index contributed by atoms with van der Waals surface area (Å²) in [5.41, 5.74) is 3.21. The zero-order valence-electron chi connectivity index (χ0n) is 24.2. The van der Waals surface area contributed by atoms with Crippen molar-refractivity contribution in [1.29, 1.82) is 0 Å². The summed E-state index contributed by atoms with van der Waals surface area (Å²) in [5, 5.41) is 8.84. The van der Waals surface area contributed by atoms with E-state index in [9.17, 15) is 18.4 Å². The monoisotopic (exact) mass is 585 g/mol. The van der Waals surface area contributed by atoms with Crippen molar-refractivity contribution in [3.05, 3.63) is 101 Å². The second kappa shape index (κ2) is 13.0. The molecule has 222 valence electrons. The Morgan fingerprint density at radius 3 is 2.49 bits per heavy atom. The minimum absolute atomic E-state index is 0.0286. The van der Waals surface area contributed by atoms with E-state index in [0.29, 0.717) is 35.5 Å². The van der Waals surface area contributed by atoms with Gasteiger partial charge in [0.05, 0.1) is 12.2 Å². The van der Waals surface area contributed by atoms with E-state index >= 15 is 0 Å². The van der Waals surface area contributed by atoms with Crippen LogP contribution in [-0.4, -0.2) is 54.0 Å². The number of carbonyl (C=O) groups excluding carboxylic acids is 2. The van der Waals surface area contributed by atoms with Gasteiger partial charge in [0.25, 0.3) is 5.91 Å². The van der Waals surface area contributed by atoms with Crippen molar-refractivity contribution in [1.82, 2.24) is 25.5 Å². The molecule has 4 aromatic rings. The van der Waals surface area contributed by atoms with Crippen molar-refractivity contribution in [2.24, 2.45) is 0 Å². The normalized spacial score (nSPS) is 12.6. The minimum Gasteiger partial charge on any atom is -0.354 e. The number of para-hydroxylation sites is 1. The highest BCUT2D eigenvalue weighted by molar-refractivity contribution is 6.02. The van der Waals surface area contributed by atoms with E-state index in [4.69, 9.17) is 4.98 Å². The molecule has 0 radical (unpaired) electrons. The largest absolute Gasteiger partial charge is 0.354 e. The van der Waals surface area contributed by atoms with Gasteiger partial charge >= 0.3 is 6.03 Å². The van der Waals surface area contributed by atoms with E-state index in [0.717, 1.165) is 41.1 Å². The molecule has 43 heavy (non-hydrogen) atoms. The molecular formula is C32H33F2N7O2. The van der Waals surface area contributed by atoms with Gasteiger partial charge in [-0.15, -0.1) is 0 Å². The third kappa shape index (κ3) is 6.62. The fourth-order valence-electron chi connectivity index (χ4n) is 4.87. The first-order valence-corrected chi connectivity index (χ1v) is 14.0. The lowest BCUT2D eigenvalue weighted by Gasteiger charge is -2.31. The van der Waals surface area contributed by atoms with Gasteiger partial charge in [-0.25, -0.2) is 23.5 Å². The predicted molar refractivity (Wildman–Crippen MR) is 162 cm³/mol. The van der Waals surface area contributed by atoms with Gasteiger partial charge in [0, 0.05) is 29.8 Å². The van der Waals surface area contributed by atoms with Crippen LogP contribution >= 0.6 is 0 Å². The second-order valence-corrected chi connectivity index (χ2v) is 10.5. The molecule has 11 heteroatoms. The van der Waals surface area contributed by atoms with Crippen LogP contribution in [0.25, 0.3) is 11.3 Å².